The maximum absolute atomic E-state index is 12.9. The number of aromatic hydroxyl groups is 2. The molecule has 2 saturated carbocycles. The van der Waals surface area contributed by atoms with Gasteiger partial charge in [0.1, 0.15) is 29.9 Å². The molecular weight excluding hydrogens is 975 g/mol. The average molecular weight is 1040 g/mol. The van der Waals surface area contributed by atoms with Crippen molar-refractivity contribution in [2.75, 3.05) is 19.0 Å². The van der Waals surface area contributed by atoms with E-state index in [1.165, 1.54) is 73.8 Å². The number of aromatic carboxylic acids is 2. The van der Waals surface area contributed by atoms with Crippen molar-refractivity contribution in [3.8, 4) is 22.9 Å². The van der Waals surface area contributed by atoms with Gasteiger partial charge in [-0.3, -0.25) is 4.79 Å². The predicted molar refractivity (Wildman–Crippen MR) is 307 cm³/mol. The number of anilines is 1. The number of allylic oxidation sites excluding steroid dienone is 2. The Balaban J connectivity index is 0.000000135. The molecule has 11 heteroatoms. The summed E-state index contributed by atoms with van der Waals surface area (Å²) in [5.41, 5.74) is 12.4. The van der Waals surface area contributed by atoms with E-state index in [9.17, 15) is 39.9 Å². The number of aryl methyl sites for hydroxylation is 2. The monoisotopic (exact) mass is 1040 g/mol. The second-order valence-electron chi connectivity index (χ2n) is 21.3. The molecule has 4 N–H and O–H groups in total. The summed E-state index contributed by atoms with van der Waals surface area (Å²) in [5.74, 6) is -1.95. The lowest BCUT2D eigenvalue weighted by Crippen LogP contribution is -2.37. The number of rotatable bonds is 8. The normalized spacial score (nSPS) is 17.4. The molecule has 0 saturated heterocycles. The lowest BCUT2D eigenvalue weighted by atomic mass is 9.60. The van der Waals surface area contributed by atoms with Gasteiger partial charge in [-0.25, -0.2) is 9.59 Å². The molecule has 2 heterocycles. The first kappa shape index (κ1) is 52.5. The first-order chi connectivity index (χ1) is 37.4. The fourth-order valence-corrected chi connectivity index (χ4v) is 12.4. The summed E-state index contributed by atoms with van der Waals surface area (Å²) in [6.45, 7) is 6.52. The van der Waals surface area contributed by atoms with Crippen molar-refractivity contribution in [1.82, 2.24) is 4.57 Å². The molecule has 394 valence electrons. The number of carboxylic acid groups (broad SMARTS) is 2. The number of aromatic nitrogens is 2. The molecule has 3 atom stereocenters. The van der Waals surface area contributed by atoms with Gasteiger partial charge in [-0.15, -0.1) is 0 Å². The van der Waals surface area contributed by atoms with Gasteiger partial charge in [-0.2, -0.15) is 4.57 Å². The average Bonchev–Trinajstić information content (AvgIpc) is 3.91. The highest BCUT2D eigenvalue weighted by Gasteiger charge is 2.52. The molecule has 78 heavy (non-hydrogen) atoms. The van der Waals surface area contributed by atoms with Crippen molar-refractivity contribution in [2.45, 2.75) is 65.2 Å². The van der Waals surface area contributed by atoms with Gasteiger partial charge in [0.25, 0.3) is 0 Å². The molecule has 11 nitrogen and oxygen atoms in total. The minimum atomic E-state index is -1.34. The number of fused-ring (bicyclic) bond motifs is 8. The number of Topliss-reactive ketones (excluding diaryl/α,β-unsaturated/α-hetero) is 1. The van der Waals surface area contributed by atoms with Gasteiger partial charge in [-0.1, -0.05) is 97.1 Å². The Morgan fingerprint density at radius 2 is 1.42 bits per heavy atom. The fraction of sp³-hybridized carbons (Fsp3) is 0.224. The molecule has 12 rings (SSSR count). The van der Waals surface area contributed by atoms with Crippen LogP contribution in [0.15, 0.2) is 157 Å². The Morgan fingerprint density at radius 1 is 0.756 bits per heavy atom. The summed E-state index contributed by atoms with van der Waals surface area (Å²) in [7, 11) is 6.28. The van der Waals surface area contributed by atoms with Gasteiger partial charge in [-0.05, 0) is 156 Å². The van der Waals surface area contributed by atoms with E-state index >= 15 is 0 Å². The first-order valence-electron chi connectivity index (χ1n) is 26.4. The lowest BCUT2D eigenvalue weighted by Gasteiger charge is -2.43. The molecule has 3 aliphatic carbocycles. The molecule has 3 unspecified atom stereocenters. The number of carbonyl (C=O) groups excluding carboxylic acids is 1. The second kappa shape index (κ2) is 21.2. The number of phenols is 2. The molecular formula is C67H63N3O8. The SMILES string of the molecule is CC12CCC3C(=CCc4cc(O)ccc43)C1CCC2=O.Cc1cc(C=Cc2ccc3cc(N(C)C)ccc3[n+]2C)c(C)n1-c1ccccc1.O=C(O)c1cc2ccccc2c(Cc2c(O)c(C(=O)O)cc3ccccc23)c1[O-]. The predicted octanol–water partition coefficient (Wildman–Crippen LogP) is 12.8. The summed E-state index contributed by atoms with van der Waals surface area (Å²) >= 11 is 0. The molecule has 2 fully saturated rings. The molecule has 2 aromatic heterocycles. The second-order valence-corrected chi connectivity index (χ2v) is 21.3. The van der Waals surface area contributed by atoms with Crippen LogP contribution in [0.2, 0.25) is 0 Å². The highest BCUT2D eigenvalue weighted by Crippen LogP contribution is 2.58. The number of para-hydroxylation sites is 1. The number of carboxylic acids is 2. The van der Waals surface area contributed by atoms with Crippen molar-refractivity contribution >= 4 is 68.0 Å². The van der Waals surface area contributed by atoms with E-state index in [4.69, 9.17) is 0 Å². The van der Waals surface area contributed by atoms with E-state index in [2.05, 4.69) is 147 Å². The third-order valence-electron chi connectivity index (χ3n) is 16.6. The van der Waals surface area contributed by atoms with E-state index in [1.807, 2.05) is 6.07 Å². The zero-order chi connectivity index (χ0) is 55.2. The summed E-state index contributed by atoms with van der Waals surface area (Å²) in [4.78, 5) is 37.5. The summed E-state index contributed by atoms with van der Waals surface area (Å²) in [6.07, 6.45) is 11.4. The molecule has 0 radical (unpaired) electrons. The number of hydrogen-bond acceptors (Lipinski definition) is 7. The van der Waals surface area contributed by atoms with Crippen LogP contribution >= 0.6 is 0 Å². The van der Waals surface area contributed by atoms with Crippen molar-refractivity contribution < 1.29 is 44.5 Å². The number of benzene rings is 7. The van der Waals surface area contributed by atoms with Gasteiger partial charge in [0.05, 0.1) is 5.56 Å². The number of phenolic OH excluding ortho intramolecular Hbond substituents is 1. The zero-order valence-electron chi connectivity index (χ0n) is 44.7. The molecule has 0 spiro atoms. The highest BCUT2D eigenvalue weighted by molar-refractivity contribution is 6.02. The van der Waals surface area contributed by atoms with Crippen molar-refractivity contribution in [3.05, 3.63) is 213 Å². The number of pyridine rings is 1. The Kier molecular flexibility index (Phi) is 14.3. The Hall–Kier alpha value is -8.96. The number of ketones is 1. The van der Waals surface area contributed by atoms with Crippen LogP contribution in [0.25, 0.3) is 50.3 Å². The standard InChI is InChI=1S/C26H28N3.C23H16O6.C18H20O2/c1-19-17-21(20(2)29(19)24-9-7-6-8-10-24)11-13-23-14-12-22-18-25(27(3)4)15-16-26(22)28(23)5;24-20-16(14-7-3-1-5-12(14)9-18(20)22(26)27)11-17-15-8-4-2-6-13(15)10-19(21(17)25)23(28)29;1-18-9-8-14-13-5-3-12(19)10-11(13)2-4-15(14)16(18)6-7-17(18)20/h6-18H,1-5H3;1-10,24-25H,11H2,(H,26,27)(H,28,29);3-5,10,14,16,19H,2,6-9H2,1H3/q+1;;/p-1. The number of nitrogens with zero attached hydrogens (tertiary/aromatic N) is 3. The quantitative estimate of drug-likeness (QED) is 0.0855. The smallest absolute Gasteiger partial charge is 0.339 e. The van der Waals surface area contributed by atoms with Gasteiger partial charge >= 0.3 is 11.9 Å². The third-order valence-corrected chi connectivity index (χ3v) is 16.6. The Labute approximate surface area is 453 Å². The topological polar surface area (TPSA) is 167 Å². The molecule has 7 aromatic carbocycles. The van der Waals surface area contributed by atoms with Crippen molar-refractivity contribution in [1.29, 1.82) is 0 Å². The molecule has 0 bridgehead atoms. The lowest BCUT2D eigenvalue weighted by molar-refractivity contribution is -0.646. The van der Waals surface area contributed by atoms with Crippen molar-refractivity contribution in [3.63, 3.8) is 0 Å². The third kappa shape index (κ3) is 9.76. The van der Waals surface area contributed by atoms with Crippen LogP contribution in [0.4, 0.5) is 5.69 Å². The number of carbonyl (C=O) groups is 3. The number of hydrogen-bond donors (Lipinski definition) is 4. The van der Waals surface area contributed by atoms with E-state index in [1.54, 1.807) is 54.6 Å². The highest BCUT2D eigenvalue weighted by atomic mass is 16.4. The fourth-order valence-electron chi connectivity index (χ4n) is 12.4. The van der Waals surface area contributed by atoms with Crippen molar-refractivity contribution in [2.24, 2.45) is 18.4 Å². The molecule has 3 aliphatic rings. The van der Waals surface area contributed by atoms with Crippen LogP contribution in [-0.4, -0.2) is 56.8 Å². The Bertz CT molecular complexity index is 3820. The van der Waals surface area contributed by atoms with E-state index in [0.717, 1.165) is 32.1 Å². The van der Waals surface area contributed by atoms with Crippen LogP contribution in [0, 0.1) is 25.2 Å². The molecule has 9 aromatic rings. The summed E-state index contributed by atoms with van der Waals surface area (Å²) in [6, 6.07) is 46.1. The summed E-state index contributed by atoms with van der Waals surface area (Å²) in [5, 5.41) is 55.7. The molecule has 0 amide bonds. The van der Waals surface area contributed by atoms with Crippen LogP contribution in [0.5, 0.6) is 17.2 Å². The largest absolute Gasteiger partial charge is 0.872 e. The van der Waals surface area contributed by atoms with Gasteiger partial charge in [0.2, 0.25) is 11.2 Å². The minimum Gasteiger partial charge on any atom is -0.872 e. The van der Waals surface area contributed by atoms with E-state index in [0.29, 0.717) is 44.9 Å². The van der Waals surface area contributed by atoms with E-state index < -0.39 is 23.4 Å². The first-order valence-corrected chi connectivity index (χ1v) is 26.4. The van der Waals surface area contributed by atoms with Gasteiger partial charge < -0.3 is 35.0 Å². The Morgan fingerprint density at radius 3 is 2.12 bits per heavy atom. The van der Waals surface area contributed by atoms with Crippen LogP contribution in [0.1, 0.15) is 104 Å². The zero-order valence-corrected chi connectivity index (χ0v) is 44.7. The van der Waals surface area contributed by atoms with E-state index in [-0.39, 0.29) is 34.1 Å². The van der Waals surface area contributed by atoms with Crippen LogP contribution in [0.3, 0.4) is 0 Å². The molecule has 0 aliphatic heterocycles. The van der Waals surface area contributed by atoms with Gasteiger partial charge in [0, 0.05) is 90.2 Å². The minimum absolute atomic E-state index is 0.100. The maximum Gasteiger partial charge on any atom is 0.339 e. The van der Waals surface area contributed by atoms with Crippen LogP contribution < -0.4 is 14.6 Å². The summed E-state index contributed by atoms with van der Waals surface area (Å²) < 4.78 is 4.56. The van der Waals surface area contributed by atoms with Gasteiger partial charge in [0.15, 0.2) is 0 Å². The maximum atomic E-state index is 12.9. The van der Waals surface area contributed by atoms with Crippen LogP contribution in [-0.2, 0) is 24.7 Å².